The second kappa shape index (κ2) is 10.4. The molecule has 0 radical (unpaired) electrons. The molecule has 7 heteroatoms. The van der Waals surface area contributed by atoms with Gasteiger partial charge >= 0.3 is 17.9 Å². The van der Waals surface area contributed by atoms with E-state index in [1.807, 2.05) is 60.7 Å². The lowest BCUT2D eigenvalue weighted by Gasteiger charge is -2.31. The zero-order valence-electron chi connectivity index (χ0n) is 18.9. The average molecular weight is 450 g/mol. The summed E-state index contributed by atoms with van der Waals surface area (Å²) in [5, 5.41) is 0. The first-order chi connectivity index (χ1) is 15.9. The highest BCUT2D eigenvalue weighted by Gasteiger charge is 2.60. The average Bonchev–Trinajstić information content (AvgIpc) is 3.18. The number of hydrogen-bond donors (Lipinski definition) is 0. The Kier molecular flexibility index (Phi) is 7.60. The van der Waals surface area contributed by atoms with Crippen LogP contribution in [0.2, 0.25) is 0 Å². The lowest BCUT2D eigenvalue weighted by molar-refractivity contribution is -0.341. The van der Waals surface area contributed by atoms with Crippen LogP contribution in [0.4, 0.5) is 0 Å². The summed E-state index contributed by atoms with van der Waals surface area (Å²) >= 11 is 0. The molecule has 0 unspecified atom stereocenters. The number of esters is 2. The maximum atomic E-state index is 13.1. The van der Waals surface area contributed by atoms with Gasteiger partial charge in [-0.25, -0.2) is 9.59 Å². The van der Waals surface area contributed by atoms with Gasteiger partial charge in [0, 0.05) is 14.2 Å². The van der Waals surface area contributed by atoms with Gasteiger partial charge in [-0.05, 0) is 23.3 Å². The van der Waals surface area contributed by atoms with Crippen molar-refractivity contribution in [2.75, 3.05) is 28.4 Å². The molecule has 0 bridgehead atoms. The van der Waals surface area contributed by atoms with E-state index in [1.54, 1.807) is 24.3 Å². The molecule has 0 N–H and O–H groups in total. The zero-order valence-corrected chi connectivity index (χ0v) is 18.9. The van der Waals surface area contributed by atoms with Gasteiger partial charge in [0.25, 0.3) is 0 Å². The van der Waals surface area contributed by atoms with Gasteiger partial charge in [0.2, 0.25) is 0 Å². The maximum Gasteiger partial charge on any atom is 0.342 e. The molecule has 0 amide bonds. The highest BCUT2D eigenvalue weighted by Crippen LogP contribution is 2.47. The largest absolute Gasteiger partial charge is 0.466 e. The Hall–Kier alpha value is -3.52. The second-order valence-electron chi connectivity index (χ2n) is 7.08. The molecule has 33 heavy (non-hydrogen) atoms. The van der Waals surface area contributed by atoms with E-state index in [9.17, 15) is 9.59 Å². The van der Waals surface area contributed by atoms with Crippen molar-refractivity contribution in [3.63, 3.8) is 0 Å². The molecule has 2 aromatic carbocycles. The van der Waals surface area contributed by atoms with E-state index >= 15 is 0 Å². The van der Waals surface area contributed by atoms with Crippen molar-refractivity contribution in [1.82, 2.24) is 0 Å². The third-order valence-corrected chi connectivity index (χ3v) is 5.21. The third kappa shape index (κ3) is 4.80. The monoisotopic (exact) mass is 450 g/mol. The molecule has 3 rings (SSSR count). The molecule has 0 aliphatic carbocycles. The maximum absolute atomic E-state index is 13.1. The molecule has 0 atom stereocenters. The van der Waals surface area contributed by atoms with Crippen LogP contribution >= 0.6 is 0 Å². The van der Waals surface area contributed by atoms with Gasteiger partial charge in [-0.3, -0.25) is 0 Å². The Morgan fingerprint density at radius 1 is 0.697 bits per heavy atom. The van der Waals surface area contributed by atoms with E-state index in [4.69, 9.17) is 23.7 Å². The lowest BCUT2D eigenvalue weighted by Crippen LogP contribution is -2.42. The Labute approximate surface area is 192 Å². The molecule has 7 nitrogen and oxygen atoms in total. The van der Waals surface area contributed by atoms with Crippen molar-refractivity contribution in [3.05, 3.63) is 95.1 Å². The summed E-state index contributed by atoms with van der Waals surface area (Å²) in [5.74, 6) is -3.64. The van der Waals surface area contributed by atoms with Gasteiger partial charge in [-0.1, -0.05) is 72.8 Å². The van der Waals surface area contributed by atoms with Crippen LogP contribution in [-0.2, 0) is 33.3 Å². The Bertz CT molecular complexity index is 1010. The third-order valence-electron chi connectivity index (χ3n) is 5.21. The van der Waals surface area contributed by atoms with Crippen LogP contribution in [-0.4, -0.2) is 52.0 Å². The summed E-state index contributed by atoms with van der Waals surface area (Å²) in [6.07, 6.45) is 6.84. The van der Waals surface area contributed by atoms with Gasteiger partial charge in [-0.15, -0.1) is 0 Å². The molecule has 0 fully saturated rings. The van der Waals surface area contributed by atoms with Crippen LogP contribution < -0.4 is 0 Å². The number of benzene rings is 2. The number of carbonyl (C=O) groups is 2. The van der Waals surface area contributed by atoms with E-state index < -0.39 is 23.5 Å². The molecule has 0 saturated heterocycles. The highest BCUT2D eigenvalue weighted by molar-refractivity contribution is 6.05. The first-order valence-corrected chi connectivity index (χ1v) is 10.2. The molecule has 1 heterocycles. The number of ether oxygens (including phenoxy) is 5. The first kappa shape index (κ1) is 24.1. The Morgan fingerprint density at radius 3 is 1.52 bits per heavy atom. The summed E-state index contributed by atoms with van der Waals surface area (Å²) in [6, 6.07) is 18.9. The smallest absolute Gasteiger partial charge is 0.342 e. The summed E-state index contributed by atoms with van der Waals surface area (Å²) in [6.45, 7) is 0. The first-order valence-electron chi connectivity index (χ1n) is 10.2. The molecule has 2 aromatic rings. The highest BCUT2D eigenvalue weighted by atomic mass is 16.9. The fraction of sp³-hybridized carbons (Fsp3) is 0.231. The summed E-state index contributed by atoms with van der Waals surface area (Å²) in [7, 11) is 5.02. The summed E-state index contributed by atoms with van der Waals surface area (Å²) in [5.41, 5.74) is -0.222. The minimum absolute atomic E-state index is 0.111. The van der Waals surface area contributed by atoms with Gasteiger partial charge < -0.3 is 23.7 Å². The summed E-state index contributed by atoms with van der Waals surface area (Å²) < 4.78 is 27.2. The van der Waals surface area contributed by atoms with Crippen molar-refractivity contribution < 1.29 is 33.3 Å². The molecular weight excluding hydrogens is 424 g/mol. The number of methoxy groups -OCH3 is 4. The van der Waals surface area contributed by atoms with Crippen LogP contribution in [0.15, 0.2) is 84.0 Å². The molecule has 0 saturated carbocycles. The number of hydrogen-bond acceptors (Lipinski definition) is 7. The SMILES string of the molecule is COC(=O)C1=C(C(=O)OC)C(OC)(OC)OC1(/C=C/c1ccccc1)/C=C/c1ccccc1. The zero-order chi connectivity index (χ0) is 23.9. The van der Waals surface area contributed by atoms with Crippen molar-refractivity contribution in [2.45, 2.75) is 11.6 Å². The standard InChI is InChI=1S/C26H26O7/c1-29-23(27)21-22(24(28)30-2)26(31-3,32-4)33-25(21,17-15-19-11-7-5-8-12-19)18-16-20-13-9-6-10-14-20/h5-18H,1-4H3/b17-15+,18-16+. The van der Waals surface area contributed by atoms with Gasteiger partial charge in [-0.2, -0.15) is 0 Å². The van der Waals surface area contributed by atoms with E-state index in [0.29, 0.717) is 0 Å². The predicted octanol–water partition coefficient (Wildman–Crippen LogP) is 3.77. The quantitative estimate of drug-likeness (QED) is 0.447. The molecule has 1 aliphatic rings. The molecule has 0 aromatic heterocycles. The molecule has 1 aliphatic heterocycles. The van der Waals surface area contributed by atoms with E-state index in [2.05, 4.69) is 0 Å². The Balaban J connectivity index is 2.29. The lowest BCUT2D eigenvalue weighted by atomic mass is 9.89. The Morgan fingerprint density at radius 2 is 1.12 bits per heavy atom. The fourth-order valence-corrected chi connectivity index (χ4v) is 3.60. The van der Waals surface area contributed by atoms with E-state index in [-0.39, 0.29) is 11.1 Å². The summed E-state index contributed by atoms with van der Waals surface area (Å²) in [4.78, 5) is 25.9. The van der Waals surface area contributed by atoms with Crippen LogP contribution in [0.1, 0.15) is 11.1 Å². The van der Waals surface area contributed by atoms with Crippen molar-refractivity contribution in [3.8, 4) is 0 Å². The van der Waals surface area contributed by atoms with E-state index in [0.717, 1.165) is 11.1 Å². The minimum Gasteiger partial charge on any atom is -0.466 e. The fourth-order valence-electron chi connectivity index (χ4n) is 3.60. The number of rotatable bonds is 8. The molecule has 0 spiro atoms. The topological polar surface area (TPSA) is 80.3 Å². The number of carbonyl (C=O) groups excluding carboxylic acids is 2. The van der Waals surface area contributed by atoms with Crippen molar-refractivity contribution in [2.24, 2.45) is 0 Å². The van der Waals surface area contributed by atoms with E-state index in [1.165, 1.54) is 28.4 Å². The van der Waals surface area contributed by atoms with Gasteiger partial charge in [0.1, 0.15) is 11.2 Å². The van der Waals surface area contributed by atoms with Crippen LogP contribution in [0.3, 0.4) is 0 Å². The van der Waals surface area contributed by atoms with Crippen LogP contribution in [0.25, 0.3) is 12.2 Å². The van der Waals surface area contributed by atoms with Crippen molar-refractivity contribution >= 4 is 24.1 Å². The molecular formula is C26H26O7. The normalized spacial score (nSPS) is 17.0. The van der Waals surface area contributed by atoms with Gasteiger partial charge in [0.05, 0.1) is 19.8 Å². The molecule has 172 valence electrons. The van der Waals surface area contributed by atoms with Crippen LogP contribution in [0, 0.1) is 0 Å². The van der Waals surface area contributed by atoms with Gasteiger partial charge in [0.15, 0.2) is 0 Å². The van der Waals surface area contributed by atoms with Crippen LogP contribution in [0.5, 0.6) is 0 Å². The minimum atomic E-state index is -2.00. The second-order valence-corrected chi connectivity index (χ2v) is 7.08. The van der Waals surface area contributed by atoms with Crippen molar-refractivity contribution in [1.29, 1.82) is 0 Å². The predicted molar refractivity (Wildman–Crippen MR) is 123 cm³/mol.